The highest BCUT2D eigenvalue weighted by Gasteiger charge is 2.13. The number of hydrogen-bond donors (Lipinski definition) is 2. The van der Waals surface area contributed by atoms with Crippen molar-refractivity contribution in [2.24, 2.45) is 0 Å². The van der Waals surface area contributed by atoms with Crippen LogP contribution in [0, 0.1) is 12.7 Å². The molecule has 2 rings (SSSR count). The lowest BCUT2D eigenvalue weighted by atomic mass is 10.2. The molecule has 5 nitrogen and oxygen atoms in total. The van der Waals surface area contributed by atoms with Crippen molar-refractivity contribution in [1.29, 1.82) is 0 Å². The molecule has 0 saturated carbocycles. The van der Waals surface area contributed by atoms with Gasteiger partial charge < -0.3 is 15.1 Å². The maximum atomic E-state index is 13.4. The van der Waals surface area contributed by atoms with Crippen LogP contribution < -0.4 is 10.6 Å². The second kappa shape index (κ2) is 5.14. The van der Waals surface area contributed by atoms with E-state index in [0.717, 1.165) is 0 Å². The Balaban J connectivity index is 2.19. The van der Waals surface area contributed by atoms with Gasteiger partial charge in [0.05, 0.1) is 6.04 Å². The fourth-order valence-corrected chi connectivity index (χ4v) is 1.44. The van der Waals surface area contributed by atoms with E-state index in [1.807, 2.05) is 6.92 Å². The lowest BCUT2D eigenvalue weighted by Gasteiger charge is -2.06. The molecule has 1 aromatic carbocycles. The van der Waals surface area contributed by atoms with Gasteiger partial charge in [-0.2, -0.15) is 0 Å². The zero-order valence-corrected chi connectivity index (χ0v) is 10.5. The summed E-state index contributed by atoms with van der Waals surface area (Å²) in [6.07, 6.45) is 0. The third-order valence-electron chi connectivity index (χ3n) is 2.75. The highest BCUT2D eigenvalue weighted by atomic mass is 19.1. The number of rotatable bonds is 4. The van der Waals surface area contributed by atoms with Crippen LogP contribution in [-0.2, 0) is 0 Å². The molecule has 1 aromatic heterocycles. The number of halogens is 1. The van der Waals surface area contributed by atoms with Crippen LogP contribution in [0.4, 0.5) is 16.1 Å². The van der Waals surface area contributed by atoms with E-state index in [9.17, 15) is 4.39 Å². The standard InChI is InChI=1S/C12H15FN4O/c1-7-9(13)5-4-6-10(7)15-12-17-16-11(18-12)8(2)14-3/h4-6,8,14H,1-3H3,(H,15,17). The normalized spacial score (nSPS) is 12.4. The zero-order valence-electron chi connectivity index (χ0n) is 10.5. The number of hydrogen-bond acceptors (Lipinski definition) is 5. The molecule has 0 spiro atoms. The minimum Gasteiger partial charge on any atom is -0.406 e. The van der Waals surface area contributed by atoms with Crippen LogP contribution in [0.5, 0.6) is 0 Å². The Morgan fingerprint density at radius 3 is 2.83 bits per heavy atom. The maximum Gasteiger partial charge on any atom is 0.320 e. The van der Waals surface area contributed by atoms with Crippen molar-refractivity contribution in [3.05, 3.63) is 35.5 Å². The average Bonchev–Trinajstić information content (AvgIpc) is 2.82. The Labute approximate surface area is 104 Å². The van der Waals surface area contributed by atoms with Crippen molar-refractivity contribution in [3.8, 4) is 0 Å². The Morgan fingerprint density at radius 1 is 1.33 bits per heavy atom. The largest absolute Gasteiger partial charge is 0.406 e. The number of benzene rings is 1. The van der Waals surface area contributed by atoms with Gasteiger partial charge >= 0.3 is 6.01 Å². The van der Waals surface area contributed by atoms with Gasteiger partial charge in [-0.05, 0) is 33.0 Å². The number of nitrogens with zero attached hydrogens (tertiary/aromatic N) is 2. The molecule has 0 aliphatic rings. The Hall–Kier alpha value is -1.95. The summed E-state index contributed by atoms with van der Waals surface area (Å²) in [6.45, 7) is 3.59. The van der Waals surface area contributed by atoms with Crippen LogP contribution in [0.25, 0.3) is 0 Å². The molecule has 0 aliphatic carbocycles. The lowest BCUT2D eigenvalue weighted by molar-refractivity contribution is 0.443. The SMILES string of the molecule is CNC(C)c1nnc(Nc2cccc(F)c2C)o1. The van der Waals surface area contributed by atoms with Gasteiger partial charge in [-0.25, -0.2) is 4.39 Å². The molecule has 1 heterocycles. The van der Waals surface area contributed by atoms with Crippen molar-refractivity contribution in [2.45, 2.75) is 19.9 Å². The first-order chi connectivity index (χ1) is 8.61. The van der Waals surface area contributed by atoms with Gasteiger partial charge in [-0.1, -0.05) is 11.2 Å². The molecule has 96 valence electrons. The van der Waals surface area contributed by atoms with Crippen LogP contribution in [0.2, 0.25) is 0 Å². The van der Waals surface area contributed by atoms with Crippen LogP contribution in [0.3, 0.4) is 0 Å². The van der Waals surface area contributed by atoms with Gasteiger partial charge in [0.15, 0.2) is 0 Å². The van der Waals surface area contributed by atoms with Gasteiger partial charge in [-0.3, -0.25) is 0 Å². The maximum absolute atomic E-state index is 13.4. The summed E-state index contributed by atoms with van der Waals surface area (Å²) in [4.78, 5) is 0. The summed E-state index contributed by atoms with van der Waals surface area (Å²) < 4.78 is 18.8. The Kier molecular flexibility index (Phi) is 3.57. The van der Waals surface area contributed by atoms with Crippen molar-refractivity contribution < 1.29 is 8.81 Å². The van der Waals surface area contributed by atoms with Crippen molar-refractivity contribution >= 4 is 11.7 Å². The molecule has 18 heavy (non-hydrogen) atoms. The first kappa shape index (κ1) is 12.5. The first-order valence-electron chi connectivity index (χ1n) is 5.64. The van der Waals surface area contributed by atoms with E-state index < -0.39 is 0 Å². The van der Waals surface area contributed by atoms with E-state index in [1.165, 1.54) is 6.07 Å². The third-order valence-corrected chi connectivity index (χ3v) is 2.75. The predicted octanol–water partition coefficient (Wildman–Crippen LogP) is 2.54. The van der Waals surface area contributed by atoms with E-state index in [-0.39, 0.29) is 17.9 Å². The highest BCUT2D eigenvalue weighted by molar-refractivity contribution is 5.57. The summed E-state index contributed by atoms with van der Waals surface area (Å²) in [6, 6.07) is 5.01. The second-order valence-corrected chi connectivity index (χ2v) is 3.99. The molecule has 6 heteroatoms. The van der Waals surface area contributed by atoms with E-state index in [4.69, 9.17) is 4.42 Å². The summed E-state index contributed by atoms with van der Waals surface area (Å²) in [5, 5.41) is 13.7. The van der Waals surface area contributed by atoms with E-state index in [2.05, 4.69) is 20.8 Å². The molecule has 0 saturated heterocycles. The minimum absolute atomic E-state index is 0.0262. The van der Waals surface area contributed by atoms with Crippen molar-refractivity contribution in [3.63, 3.8) is 0 Å². The van der Waals surface area contributed by atoms with E-state index in [1.54, 1.807) is 26.1 Å². The van der Waals surface area contributed by atoms with Gasteiger partial charge in [0.1, 0.15) is 5.82 Å². The molecular formula is C12H15FN4O. The first-order valence-corrected chi connectivity index (χ1v) is 5.64. The third kappa shape index (κ3) is 2.48. The van der Waals surface area contributed by atoms with Crippen molar-refractivity contribution in [1.82, 2.24) is 15.5 Å². The molecule has 1 atom stereocenters. The fraction of sp³-hybridized carbons (Fsp3) is 0.333. The van der Waals surface area contributed by atoms with E-state index >= 15 is 0 Å². The molecule has 0 radical (unpaired) electrons. The molecule has 0 aliphatic heterocycles. The molecule has 2 N–H and O–H groups in total. The number of aromatic nitrogens is 2. The van der Waals surface area contributed by atoms with Crippen molar-refractivity contribution in [2.75, 3.05) is 12.4 Å². The van der Waals surface area contributed by atoms with E-state index in [0.29, 0.717) is 17.1 Å². The van der Waals surface area contributed by atoms with Gasteiger partial charge in [0, 0.05) is 11.3 Å². The van der Waals surface area contributed by atoms with Crippen LogP contribution >= 0.6 is 0 Å². The minimum atomic E-state index is -0.275. The molecule has 1 unspecified atom stereocenters. The molecular weight excluding hydrogens is 235 g/mol. The second-order valence-electron chi connectivity index (χ2n) is 3.99. The van der Waals surface area contributed by atoms with Crippen LogP contribution in [-0.4, -0.2) is 17.2 Å². The summed E-state index contributed by atoms with van der Waals surface area (Å²) in [5.74, 6) is 0.206. The summed E-state index contributed by atoms with van der Waals surface area (Å²) in [5.41, 5.74) is 1.13. The number of anilines is 2. The Bertz CT molecular complexity index is 541. The van der Waals surface area contributed by atoms with Gasteiger partial charge in [0.2, 0.25) is 5.89 Å². The zero-order chi connectivity index (χ0) is 13.1. The predicted molar refractivity (Wildman–Crippen MR) is 66.2 cm³/mol. The van der Waals surface area contributed by atoms with Gasteiger partial charge in [0.25, 0.3) is 0 Å². The monoisotopic (exact) mass is 250 g/mol. The summed E-state index contributed by atoms with van der Waals surface area (Å²) >= 11 is 0. The van der Waals surface area contributed by atoms with Crippen LogP contribution in [0.15, 0.2) is 22.6 Å². The fourth-order valence-electron chi connectivity index (χ4n) is 1.44. The van der Waals surface area contributed by atoms with Crippen LogP contribution in [0.1, 0.15) is 24.4 Å². The van der Waals surface area contributed by atoms with Gasteiger partial charge in [-0.15, -0.1) is 5.10 Å². The smallest absolute Gasteiger partial charge is 0.320 e. The quantitative estimate of drug-likeness (QED) is 0.873. The average molecular weight is 250 g/mol. The molecule has 0 bridgehead atoms. The lowest BCUT2D eigenvalue weighted by Crippen LogP contribution is -2.12. The molecule has 2 aromatic rings. The Morgan fingerprint density at radius 2 is 2.11 bits per heavy atom. The molecule has 0 amide bonds. The summed E-state index contributed by atoms with van der Waals surface area (Å²) in [7, 11) is 1.80. The number of nitrogens with one attached hydrogen (secondary N) is 2. The topological polar surface area (TPSA) is 63.0 Å². The highest BCUT2D eigenvalue weighted by Crippen LogP contribution is 2.22. The molecule has 0 fully saturated rings.